The average Bonchev–Trinajstić information content (AvgIpc) is 2.48. The number of rotatable bonds is 6. The fraction of sp³-hybridized carbons (Fsp3) is 0.647. The number of hydrogen-bond donors (Lipinski definition) is 1. The van der Waals surface area contributed by atoms with Crippen LogP contribution in [0.25, 0.3) is 0 Å². The standard InChI is InChI=1S/C17H28N2O/c1-4-20-17-10-6-5-9-16(17)14(2)19-11-7-8-15(13-19)12-18-3/h5-6,9-10,14-15,18H,4,7-8,11-13H2,1-3H3. The molecule has 0 aliphatic carbocycles. The lowest BCUT2D eigenvalue weighted by Crippen LogP contribution is -2.40. The van der Waals surface area contributed by atoms with Crippen molar-refractivity contribution in [3.8, 4) is 5.75 Å². The van der Waals surface area contributed by atoms with Crippen LogP contribution in [0.15, 0.2) is 24.3 Å². The molecule has 3 heteroatoms. The van der Waals surface area contributed by atoms with Crippen molar-refractivity contribution >= 4 is 0 Å². The maximum absolute atomic E-state index is 5.78. The summed E-state index contributed by atoms with van der Waals surface area (Å²) < 4.78 is 5.78. The smallest absolute Gasteiger partial charge is 0.124 e. The number of nitrogens with one attached hydrogen (secondary N) is 1. The Morgan fingerprint density at radius 3 is 2.95 bits per heavy atom. The highest BCUT2D eigenvalue weighted by Gasteiger charge is 2.25. The summed E-state index contributed by atoms with van der Waals surface area (Å²) in [5, 5.41) is 3.32. The summed E-state index contributed by atoms with van der Waals surface area (Å²) in [4.78, 5) is 2.60. The van der Waals surface area contributed by atoms with Gasteiger partial charge >= 0.3 is 0 Å². The van der Waals surface area contributed by atoms with Gasteiger partial charge in [-0.3, -0.25) is 4.90 Å². The van der Waals surface area contributed by atoms with E-state index in [9.17, 15) is 0 Å². The van der Waals surface area contributed by atoms with Crippen LogP contribution in [-0.4, -0.2) is 38.2 Å². The van der Waals surface area contributed by atoms with Crippen LogP contribution < -0.4 is 10.1 Å². The second kappa shape index (κ2) is 7.65. The Morgan fingerprint density at radius 1 is 1.40 bits per heavy atom. The molecular weight excluding hydrogens is 248 g/mol. The number of hydrogen-bond acceptors (Lipinski definition) is 3. The Morgan fingerprint density at radius 2 is 2.20 bits per heavy atom. The molecule has 1 N–H and O–H groups in total. The summed E-state index contributed by atoms with van der Waals surface area (Å²) in [6, 6.07) is 8.89. The van der Waals surface area contributed by atoms with Gasteiger partial charge in [0.15, 0.2) is 0 Å². The Hall–Kier alpha value is -1.06. The molecule has 3 nitrogen and oxygen atoms in total. The molecule has 0 radical (unpaired) electrons. The molecule has 0 spiro atoms. The third-order valence-corrected chi connectivity index (χ3v) is 4.26. The van der Waals surface area contributed by atoms with Gasteiger partial charge in [-0.1, -0.05) is 18.2 Å². The quantitative estimate of drug-likeness (QED) is 0.864. The summed E-state index contributed by atoms with van der Waals surface area (Å²) in [5.41, 5.74) is 1.32. The van der Waals surface area contributed by atoms with E-state index in [1.54, 1.807) is 0 Å². The molecule has 1 saturated heterocycles. The monoisotopic (exact) mass is 276 g/mol. The van der Waals surface area contributed by atoms with Gasteiger partial charge in [-0.05, 0) is 58.8 Å². The maximum Gasteiger partial charge on any atom is 0.124 e. The van der Waals surface area contributed by atoms with E-state index in [-0.39, 0.29) is 0 Å². The van der Waals surface area contributed by atoms with Crippen molar-refractivity contribution in [3.63, 3.8) is 0 Å². The molecule has 2 unspecified atom stereocenters. The molecule has 1 aliphatic rings. The largest absolute Gasteiger partial charge is 0.494 e. The van der Waals surface area contributed by atoms with Gasteiger partial charge in [0.25, 0.3) is 0 Å². The van der Waals surface area contributed by atoms with Crippen LogP contribution in [0.2, 0.25) is 0 Å². The Bertz CT molecular complexity index is 406. The second-order valence-electron chi connectivity index (χ2n) is 5.71. The zero-order valence-corrected chi connectivity index (χ0v) is 13.1. The van der Waals surface area contributed by atoms with Crippen molar-refractivity contribution in [1.29, 1.82) is 0 Å². The van der Waals surface area contributed by atoms with E-state index < -0.39 is 0 Å². The fourth-order valence-corrected chi connectivity index (χ4v) is 3.21. The average molecular weight is 276 g/mol. The van der Waals surface area contributed by atoms with Crippen LogP contribution in [0.4, 0.5) is 0 Å². The van der Waals surface area contributed by atoms with E-state index in [0.29, 0.717) is 6.04 Å². The minimum atomic E-state index is 0.428. The Balaban J connectivity index is 2.08. The van der Waals surface area contributed by atoms with Gasteiger partial charge < -0.3 is 10.1 Å². The number of ether oxygens (including phenoxy) is 1. The Labute approximate surface area is 123 Å². The van der Waals surface area contributed by atoms with Gasteiger partial charge in [-0.25, -0.2) is 0 Å². The molecule has 20 heavy (non-hydrogen) atoms. The van der Waals surface area contributed by atoms with E-state index in [1.165, 1.54) is 31.5 Å². The van der Waals surface area contributed by atoms with E-state index in [1.807, 2.05) is 14.0 Å². The molecule has 0 bridgehead atoms. The molecule has 1 aliphatic heterocycles. The number of para-hydroxylation sites is 1. The summed E-state index contributed by atoms with van der Waals surface area (Å²) in [6.07, 6.45) is 2.64. The highest BCUT2D eigenvalue weighted by molar-refractivity contribution is 5.35. The van der Waals surface area contributed by atoms with Gasteiger partial charge in [0.2, 0.25) is 0 Å². The predicted molar refractivity (Wildman–Crippen MR) is 84.2 cm³/mol. The minimum absolute atomic E-state index is 0.428. The maximum atomic E-state index is 5.78. The number of piperidine rings is 1. The first-order chi connectivity index (χ1) is 9.76. The minimum Gasteiger partial charge on any atom is -0.494 e. The zero-order valence-electron chi connectivity index (χ0n) is 13.1. The van der Waals surface area contributed by atoms with Crippen LogP contribution in [0.3, 0.4) is 0 Å². The van der Waals surface area contributed by atoms with E-state index >= 15 is 0 Å². The molecule has 0 saturated carbocycles. The third-order valence-electron chi connectivity index (χ3n) is 4.26. The molecule has 0 aromatic heterocycles. The first-order valence-corrected chi connectivity index (χ1v) is 7.86. The summed E-state index contributed by atoms with van der Waals surface area (Å²) in [5.74, 6) is 1.81. The van der Waals surface area contributed by atoms with E-state index in [4.69, 9.17) is 4.74 Å². The van der Waals surface area contributed by atoms with Crippen molar-refractivity contribution in [2.45, 2.75) is 32.7 Å². The lowest BCUT2D eigenvalue weighted by Gasteiger charge is -2.37. The summed E-state index contributed by atoms with van der Waals surface area (Å²) in [7, 11) is 2.05. The van der Waals surface area contributed by atoms with E-state index in [2.05, 4.69) is 41.4 Å². The van der Waals surface area contributed by atoms with Crippen LogP contribution in [0.5, 0.6) is 5.75 Å². The fourth-order valence-electron chi connectivity index (χ4n) is 3.21. The normalized spacial score (nSPS) is 21.6. The molecule has 0 amide bonds. The second-order valence-corrected chi connectivity index (χ2v) is 5.71. The molecule has 2 atom stereocenters. The molecule has 2 rings (SSSR count). The lowest BCUT2D eigenvalue weighted by molar-refractivity contribution is 0.129. The molecule has 112 valence electrons. The van der Waals surface area contributed by atoms with Crippen molar-refractivity contribution < 1.29 is 4.74 Å². The number of likely N-dealkylation sites (tertiary alicyclic amines) is 1. The molecule has 1 aromatic carbocycles. The SMILES string of the molecule is CCOc1ccccc1C(C)N1CCCC(CNC)C1. The lowest BCUT2D eigenvalue weighted by atomic mass is 9.95. The molecule has 1 heterocycles. The van der Waals surface area contributed by atoms with Crippen molar-refractivity contribution in [1.82, 2.24) is 10.2 Å². The molecular formula is C17H28N2O. The molecule has 1 fully saturated rings. The predicted octanol–water partition coefficient (Wildman–Crippen LogP) is 3.08. The van der Waals surface area contributed by atoms with Crippen molar-refractivity contribution in [3.05, 3.63) is 29.8 Å². The Kier molecular flexibility index (Phi) is 5.86. The first kappa shape index (κ1) is 15.3. The summed E-state index contributed by atoms with van der Waals surface area (Å²) in [6.45, 7) is 8.58. The van der Waals surface area contributed by atoms with Crippen molar-refractivity contribution in [2.75, 3.05) is 33.3 Å². The van der Waals surface area contributed by atoms with Crippen LogP contribution >= 0.6 is 0 Å². The van der Waals surface area contributed by atoms with Gasteiger partial charge in [-0.15, -0.1) is 0 Å². The van der Waals surface area contributed by atoms with Gasteiger partial charge in [0, 0.05) is 18.2 Å². The van der Waals surface area contributed by atoms with Crippen LogP contribution in [0, 0.1) is 5.92 Å². The molecule has 1 aromatic rings. The zero-order chi connectivity index (χ0) is 14.4. The van der Waals surface area contributed by atoms with Crippen LogP contribution in [-0.2, 0) is 0 Å². The van der Waals surface area contributed by atoms with Gasteiger partial charge in [0.05, 0.1) is 6.61 Å². The topological polar surface area (TPSA) is 24.5 Å². The third kappa shape index (κ3) is 3.74. The van der Waals surface area contributed by atoms with Gasteiger partial charge in [0.1, 0.15) is 5.75 Å². The van der Waals surface area contributed by atoms with Gasteiger partial charge in [-0.2, -0.15) is 0 Å². The number of nitrogens with zero attached hydrogens (tertiary/aromatic N) is 1. The van der Waals surface area contributed by atoms with Crippen molar-refractivity contribution in [2.24, 2.45) is 5.92 Å². The highest BCUT2D eigenvalue weighted by Crippen LogP contribution is 2.31. The summed E-state index contributed by atoms with van der Waals surface area (Å²) >= 11 is 0. The highest BCUT2D eigenvalue weighted by atomic mass is 16.5. The number of benzene rings is 1. The first-order valence-electron chi connectivity index (χ1n) is 7.86. The van der Waals surface area contributed by atoms with Crippen LogP contribution in [0.1, 0.15) is 38.3 Å². The van der Waals surface area contributed by atoms with E-state index in [0.717, 1.165) is 24.8 Å².